The molecule has 0 saturated carbocycles. The van der Waals surface area contributed by atoms with E-state index in [1.807, 2.05) is 12.1 Å². The monoisotopic (exact) mass is 371 g/mol. The highest BCUT2D eigenvalue weighted by molar-refractivity contribution is 7.98. The SMILES string of the molecule is CSc1c(C#N)c(=O)nc2n1c(N)cc1nc(=O)c(C#N)c(SC)n12. The first-order chi connectivity index (χ1) is 12.0. The molecule has 0 spiro atoms. The molecule has 3 aromatic rings. The number of nitrogen functional groups attached to an aromatic ring is 1. The Morgan fingerprint density at radius 2 is 1.52 bits per heavy atom. The van der Waals surface area contributed by atoms with Gasteiger partial charge in [-0.1, -0.05) is 0 Å². The standard InChI is InChI=1S/C14H9N7O2S2/c1-24-12-7(5-16)11(23)19-14-20(12)8(17)3-9-18-10(22)6(4-15)13(25-2)21(9)14/h3H,17H2,1-2H3. The molecular formula is C14H9N7O2S2. The molecule has 0 unspecified atom stereocenters. The predicted molar refractivity (Wildman–Crippen MR) is 93.9 cm³/mol. The molecule has 9 nitrogen and oxygen atoms in total. The Balaban J connectivity index is 2.76. The number of nitrogens with two attached hydrogens (primary N) is 1. The topological polar surface area (TPSA) is 142 Å². The Hall–Kier alpha value is -3.02. The highest BCUT2D eigenvalue weighted by Crippen LogP contribution is 2.26. The molecule has 0 fully saturated rings. The van der Waals surface area contributed by atoms with E-state index in [2.05, 4.69) is 9.97 Å². The van der Waals surface area contributed by atoms with Gasteiger partial charge in [0, 0.05) is 6.07 Å². The molecule has 0 saturated heterocycles. The zero-order chi connectivity index (χ0) is 18.3. The van der Waals surface area contributed by atoms with Crippen LogP contribution in [0.3, 0.4) is 0 Å². The largest absolute Gasteiger partial charge is 0.385 e. The van der Waals surface area contributed by atoms with Crippen LogP contribution in [0.2, 0.25) is 0 Å². The number of hydrogen-bond acceptors (Lipinski definition) is 9. The summed E-state index contributed by atoms with van der Waals surface area (Å²) >= 11 is 2.31. The van der Waals surface area contributed by atoms with E-state index >= 15 is 0 Å². The van der Waals surface area contributed by atoms with Crippen molar-refractivity contribution >= 4 is 40.8 Å². The number of anilines is 1. The number of thioether (sulfide) groups is 2. The van der Waals surface area contributed by atoms with E-state index in [-0.39, 0.29) is 28.4 Å². The van der Waals surface area contributed by atoms with Crippen LogP contribution in [0, 0.1) is 22.7 Å². The minimum atomic E-state index is -0.719. The highest BCUT2D eigenvalue weighted by Gasteiger charge is 2.20. The second-order valence-corrected chi connectivity index (χ2v) is 6.31. The summed E-state index contributed by atoms with van der Waals surface area (Å²) in [5, 5.41) is 19.1. The van der Waals surface area contributed by atoms with E-state index < -0.39 is 11.1 Å². The van der Waals surface area contributed by atoms with Gasteiger partial charge in [0.2, 0.25) is 5.78 Å². The van der Waals surface area contributed by atoms with Crippen molar-refractivity contribution in [1.29, 1.82) is 10.5 Å². The Labute approximate surface area is 148 Å². The van der Waals surface area contributed by atoms with Crippen molar-refractivity contribution in [3.63, 3.8) is 0 Å². The summed E-state index contributed by atoms with van der Waals surface area (Å²) in [4.78, 5) is 32.1. The fourth-order valence-electron chi connectivity index (χ4n) is 2.46. The number of rotatable bonds is 2. The maximum absolute atomic E-state index is 12.3. The summed E-state index contributed by atoms with van der Waals surface area (Å²) in [5.74, 6) is 0.240. The van der Waals surface area contributed by atoms with Crippen molar-refractivity contribution in [2.24, 2.45) is 0 Å². The van der Waals surface area contributed by atoms with Crippen LogP contribution in [0.5, 0.6) is 0 Å². The van der Waals surface area contributed by atoms with Crippen molar-refractivity contribution in [1.82, 2.24) is 18.8 Å². The predicted octanol–water partition coefficient (Wildman–Crippen LogP) is 0.472. The van der Waals surface area contributed by atoms with Crippen LogP contribution in [-0.2, 0) is 0 Å². The summed E-state index contributed by atoms with van der Waals surface area (Å²) < 4.78 is 2.86. The van der Waals surface area contributed by atoms with Gasteiger partial charge in [-0.15, -0.1) is 23.5 Å². The molecule has 0 aromatic carbocycles. The normalized spacial score (nSPS) is 10.7. The quantitative estimate of drug-likeness (QED) is 0.386. The summed E-state index contributed by atoms with van der Waals surface area (Å²) in [5.41, 5.74) is 4.53. The van der Waals surface area contributed by atoms with Gasteiger partial charge in [0.05, 0.1) is 0 Å². The van der Waals surface area contributed by atoms with Gasteiger partial charge >= 0.3 is 0 Å². The number of nitrogens with zero attached hydrogens (tertiary/aromatic N) is 6. The average molecular weight is 371 g/mol. The Kier molecular flexibility index (Phi) is 4.12. The van der Waals surface area contributed by atoms with E-state index in [9.17, 15) is 20.1 Å². The van der Waals surface area contributed by atoms with Crippen molar-refractivity contribution in [3.05, 3.63) is 37.9 Å². The van der Waals surface area contributed by atoms with Crippen LogP contribution in [-0.4, -0.2) is 31.3 Å². The van der Waals surface area contributed by atoms with Gasteiger partial charge in [-0.25, -0.2) is 0 Å². The molecule has 0 bridgehead atoms. The number of aromatic nitrogens is 4. The third-order valence-corrected chi connectivity index (χ3v) is 5.00. The van der Waals surface area contributed by atoms with Crippen LogP contribution in [0.15, 0.2) is 25.7 Å². The second-order valence-electron chi connectivity index (χ2n) is 4.72. The lowest BCUT2D eigenvalue weighted by molar-refractivity contribution is 0.850. The lowest BCUT2D eigenvalue weighted by Gasteiger charge is -2.15. The molecule has 0 aliphatic rings. The maximum atomic E-state index is 12.3. The van der Waals surface area contributed by atoms with Crippen molar-refractivity contribution in [2.75, 3.05) is 18.2 Å². The minimum Gasteiger partial charge on any atom is -0.385 e. The summed E-state index contributed by atoms with van der Waals surface area (Å²) in [6, 6.07) is 5.10. The van der Waals surface area contributed by atoms with Crippen LogP contribution < -0.4 is 16.9 Å². The van der Waals surface area contributed by atoms with E-state index in [1.165, 1.54) is 26.6 Å². The lowest BCUT2D eigenvalue weighted by Crippen LogP contribution is -2.23. The van der Waals surface area contributed by atoms with Gasteiger partial charge in [0.25, 0.3) is 11.1 Å². The number of hydrogen-bond donors (Lipinski definition) is 1. The average Bonchev–Trinajstić information content (AvgIpc) is 2.59. The molecule has 3 heterocycles. The third-order valence-electron chi connectivity index (χ3n) is 3.45. The van der Waals surface area contributed by atoms with Gasteiger partial charge in [-0.2, -0.15) is 20.5 Å². The van der Waals surface area contributed by atoms with E-state index in [1.54, 1.807) is 12.5 Å². The van der Waals surface area contributed by atoms with Gasteiger partial charge in [0.15, 0.2) is 0 Å². The van der Waals surface area contributed by atoms with E-state index in [0.29, 0.717) is 10.1 Å². The van der Waals surface area contributed by atoms with E-state index in [0.717, 1.165) is 11.8 Å². The minimum absolute atomic E-state index is 0.0803. The summed E-state index contributed by atoms with van der Waals surface area (Å²) in [6.45, 7) is 0. The number of fused-ring (bicyclic) bond motifs is 3. The smallest absolute Gasteiger partial charge is 0.293 e. The summed E-state index contributed by atoms with van der Waals surface area (Å²) in [6.07, 6.45) is 3.39. The fourth-order valence-corrected chi connectivity index (χ4v) is 3.86. The van der Waals surface area contributed by atoms with Crippen LogP contribution >= 0.6 is 23.5 Å². The van der Waals surface area contributed by atoms with Crippen molar-refractivity contribution in [3.8, 4) is 12.1 Å². The lowest BCUT2D eigenvalue weighted by atomic mass is 10.3. The Morgan fingerprint density at radius 1 is 1.00 bits per heavy atom. The molecule has 0 atom stereocenters. The first-order valence-electron chi connectivity index (χ1n) is 6.68. The maximum Gasteiger partial charge on any atom is 0.293 e. The van der Waals surface area contributed by atoms with Gasteiger partial charge in [-0.3, -0.25) is 18.4 Å². The highest BCUT2D eigenvalue weighted by atomic mass is 32.2. The number of nitriles is 2. The van der Waals surface area contributed by atoms with Gasteiger partial charge < -0.3 is 5.73 Å². The van der Waals surface area contributed by atoms with Crippen molar-refractivity contribution in [2.45, 2.75) is 10.1 Å². The Bertz CT molecular complexity index is 1250. The molecule has 0 aliphatic heterocycles. The van der Waals surface area contributed by atoms with Crippen molar-refractivity contribution < 1.29 is 0 Å². The molecule has 3 aromatic heterocycles. The second kappa shape index (κ2) is 6.12. The summed E-state index contributed by atoms with van der Waals surface area (Å²) in [7, 11) is 0. The molecule has 0 radical (unpaired) electrons. The molecular weight excluding hydrogens is 362 g/mol. The van der Waals surface area contributed by atoms with E-state index in [4.69, 9.17) is 5.73 Å². The molecule has 124 valence electrons. The first kappa shape index (κ1) is 16.8. The zero-order valence-corrected chi connectivity index (χ0v) is 14.6. The third kappa shape index (κ3) is 2.33. The zero-order valence-electron chi connectivity index (χ0n) is 13.0. The van der Waals surface area contributed by atoms with Gasteiger partial charge in [0.1, 0.15) is 44.8 Å². The van der Waals surface area contributed by atoms with Crippen LogP contribution in [0.4, 0.5) is 5.82 Å². The fraction of sp³-hybridized carbons (Fsp3) is 0.143. The molecule has 3 rings (SSSR count). The first-order valence-corrected chi connectivity index (χ1v) is 9.13. The Morgan fingerprint density at radius 3 is 2.04 bits per heavy atom. The van der Waals surface area contributed by atoms with Gasteiger partial charge in [-0.05, 0) is 12.5 Å². The molecule has 11 heteroatoms. The molecule has 2 N–H and O–H groups in total. The van der Waals surface area contributed by atoms with Crippen LogP contribution in [0.25, 0.3) is 11.4 Å². The molecule has 0 aliphatic carbocycles. The van der Waals surface area contributed by atoms with Crippen LogP contribution in [0.1, 0.15) is 11.1 Å². The molecule has 0 amide bonds. The molecule has 25 heavy (non-hydrogen) atoms.